The molecule has 0 saturated heterocycles. The van der Waals surface area contributed by atoms with Crippen LogP contribution >= 0.6 is 23.2 Å². The van der Waals surface area contributed by atoms with E-state index in [1.54, 1.807) is 0 Å². The number of carbonyl (C=O) groups is 2. The van der Waals surface area contributed by atoms with E-state index in [0.717, 1.165) is 0 Å². The van der Waals surface area contributed by atoms with Gasteiger partial charge < -0.3 is 24.1 Å². The van der Waals surface area contributed by atoms with E-state index in [0.29, 0.717) is 19.8 Å². The zero-order chi connectivity index (χ0) is 17.2. The van der Waals surface area contributed by atoms with Crippen LogP contribution in [0.2, 0.25) is 0 Å². The van der Waals surface area contributed by atoms with Gasteiger partial charge in [-0.3, -0.25) is 9.59 Å². The second-order valence-electron chi connectivity index (χ2n) is 4.43. The van der Waals surface area contributed by atoms with Crippen molar-refractivity contribution in [3.63, 3.8) is 0 Å². The Morgan fingerprint density at radius 1 is 1.35 bits per heavy atom. The fourth-order valence-corrected chi connectivity index (χ4v) is 1.89. The number of hydrogen-bond acceptors (Lipinski definition) is 6. The van der Waals surface area contributed by atoms with Crippen LogP contribution in [0.15, 0.2) is 10.7 Å². The van der Waals surface area contributed by atoms with Crippen LogP contribution in [-0.2, 0) is 20.8 Å². The second-order valence-corrected chi connectivity index (χ2v) is 5.52. The molecule has 2 amide bonds. The molecule has 0 saturated carbocycles. The first-order valence-corrected chi connectivity index (χ1v) is 7.64. The Labute approximate surface area is 144 Å². The number of ether oxygens (including phenoxy) is 2. The number of alkyl halides is 2. The Kier molecular flexibility index (Phi) is 8.93. The van der Waals surface area contributed by atoms with Crippen molar-refractivity contribution in [1.82, 2.24) is 15.2 Å². The molecule has 0 bridgehead atoms. The van der Waals surface area contributed by atoms with Gasteiger partial charge in [-0.2, -0.15) is 0 Å². The highest BCUT2D eigenvalue weighted by Crippen LogP contribution is 2.11. The molecule has 0 unspecified atom stereocenters. The lowest BCUT2D eigenvalue weighted by atomic mass is 10.4. The average Bonchev–Trinajstić information content (AvgIpc) is 2.99. The predicted molar refractivity (Wildman–Crippen MR) is 83.5 cm³/mol. The summed E-state index contributed by atoms with van der Waals surface area (Å²) in [6.45, 7) is 1.35. The number of nitrogens with zero attached hydrogens (tertiary/aromatic N) is 2. The van der Waals surface area contributed by atoms with Gasteiger partial charge in [0, 0.05) is 27.3 Å². The summed E-state index contributed by atoms with van der Waals surface area (Å²) in [7, 11) is 3.04. The molecule has 10 heteroatoms. The van der Waals surface area contributed by atoms with Crippen molar-refractivity contribution >= 4 is 35.0 Å². The minimum absolute atomic E-state index is 0.0312. The molecular weight excluding hydrogens is 349 g/mol. The van der Waals surface area contributed by atoms with Gasteiger partial charge in [0.2, 0.25) is 5.89 Å². The molecule has 1 aromatic heterocycles. The maximum Gasteiger partial charge on any atom is 0.273 e. The summed E-state index contributed by atoms with van der Waals surface area (Å²) in [5.74, 6) is -0.686. The Bertz CT molecular complexity index is 510. The molecule has 1 aromatic rings. The van der Waals surface area contributed by atoms with Gasteiger partial charge in [0.25, 0.3) is 11.8 Å². The van der Waals surface area contributed by atoms with Crippen LogP contribution < -0.4 is 5.32 Å². The molecule has 8 nitrogen and oxygen atoms in total. The molecule has 1 rings (SSSR count). The van der Waals surface area contributed by atoms with E-state index in [1.807, 2.05) is 0 Å². The number of hydrogen-bond donors (Lipinski definition) is 1. The molecule has 1 heterocycles. The maximum absolute atomic E-state index is 11.9. The number of methoxy groups -OCH3 is 2. The van der Waals surface area contributed by atoms with Crippen LogP contribution in [0.4, 0.5) is 0 Å². The van der Waals surface area contributed by atoms with Crippen molar-refractivity contribution in [2.75, 3.05) is 40.5 Å². The van der Waals surface area contributed by atoms with Crippen molar-refractivity contribution < 1.29 is 23.5 Å². The molecule has 0 aliphatic rings. The third-order valence-corrected chi connectivity index (χ3v) is 3.14. The van der Waals surface area contributed by atoms with E-state index in [2.05, 4.69) is 10.3 Å². The van der Waals surface area contributed by atoms with Gasteiger partial charge in [0.05, 0.1) is 19.8 Å². The Morgan fingerprint density at radius 2 is 2.04 bits per heavy atom. The largest absolute Gasteiger partial charge is 0.446 e. The fourth-order valence-electron chi connectivity index (χ4n) is 1.61. The van der Waals surface area contributed by atoms with Crippen LogP contribution in [-0.4, -0.2) is 67.1 Å². The molecule has 130 valence electrons. The van der Waals surface area contributed by atoms with Gasteiger partial charge in [-0.15, -0.1) is 0 Å². The van der Waals surface area contributed by atoms with Crippen molar-refractivity contribution in [1.29, 1.82) is 0 Å². The van der Waals surface area contributed by atoms with E-state index in [4.69, 9.17) is 37.1 Å². The minimum atomic E-state index is -1.20. The SMILES string of the molecule is COCCNC(=O)c1coc(CN(CCOC)C(=O)C(Cl)Cl)n1. The average molecular weight is 368 g/mol. The van der Waals surface area contributed by atoms with Gasteiger partial charge in [0.1, 0.15) is 6.26 Å². The number of amides is 2. The molecule has 1 N–H and O–H groups in total. The second kappa shape index (κ2) is 10.4. The molecule has 0 spiro atoms. The number of nitrogens with one attached hydrogen (secondary N) is 1. The normalized spacial score (nSPS) is 10.8. The molecule has 0 aliphatic heterocycles. The van der Waals surface area contributed by atoms with Gasteiger partial charge in [-0.05, 0) is 0 Å². The Morgan fingerprint density at radius 3 is 2.65 bits per heavy atom. The maximum atomic E-state index is 11.9. The Balaban J connectivity index is 2.66. The highest BCUT2D eigenvalue weighted by atomic mass is 35.5. The standard InChI is InChI=1S/C13H19Cl2N3O5/c1-21-5-3-16-12(19)9-8-23-10(17-9)7-18(4-6-22-2)13(20)11(14)15/h8,11H,3-7H2,1-2H3,(H,16,19). The van der Waals surface area contributed by atoms with Crippen molar-refractivity contribution in [3.8, 4) is 0 Å². The monoisotopic (exact) mass is 367 g/mol. The van der Waals surface area contributed by atoms with Crippen LogP contribution in [0.5, 0.6) is 0 Å². The number of aromatic nitrogens is 1. The van der Waals surface area contributed by atoms with Crippen LogP contribution in [0, 0.1) is 0 Å². The van der Waals surface area contributed by atoms with E-state index in [1.165, 1.54) is 25.4 Å². The highest BCUT2D eigenvalue weighted by molar-refractivity contribution is 6.53. The van der Waals surface area contributed by atoms with E-state index in [-0.39, 0.29) is 30.6 Å². The summed E-state index contributed by atoms with van der Waals surface area (Å²) < 4.78 is 15.0. The van der Waals surface area contributed by atoms with Crippen LogP contribution in [0.1, 0.15) is 16.4 Å². The lowest BCUT2D eigenvalue weighted by Crippen LogP contribution is -2.37. The number of oxazole rings is 1. The third kappa shape index (κ3) is 6.74. The fraction of sp³-hybridized carbons (Fsp3) is 0.615. The summed E-state index contributed by atoms with van der Waals surface area (Å²) in [6.07, 6.45) is 1.22. The summed E-state index contributed by atoms with van der Waals surface area (Å²) >= 11 is 11.2. The summed E-state index contributed by atoms with van der Waals surface area (Å²) in [5.41, 5.74) is 0.114. The Hall–Kier alpha value is -1.35. The molecule has 0 aliphatic carbocycles. The van der Waals surface area contributed by atoms with Gasteiger partial charge in [-0.25, -0.2) is 4.98 Å². The topological polar surface area (TPSA) is 93.9 Å². The van der Waals surface area contributed by atoms with Crippen molar-refractivity contribution in [2.24, 2.45) is 0 Å². The van der Waals surface area contributed by atoms with E-state index in [9.17, 15) is 9.59 Å². The van der Waals surface area contributed by atoms with Crippen LogP contribution in [0.3, 0.4) is 0 Å². The quantitative estimate of drug-likeness (QED) is 0.486. The molecule has 0 atom stereocenters. The van der Waals surface area contributed by atoms with Gasteiger partial charge >= 0.3 is 0 Å². The lowest BCUT2D eigenvalue weighted by Gasteiger charge is -2.21. The van der Waals surface area contributed by atoms with Crippen molar-refractivity contribution in [3.05, 3.63) is 17.8 Å². The highest BCUT2D eigenvalue weighted by Gasteiger charge is 2.22. The molecule has 23 heavy (non-hydrogen) atoms. The van der Waals surface area contributed by atoms with Crippen LogP contribution in [0.25, 0.3) is 0 Å². The first-order valence-electron chi connectivity index (χ1n) is 6.77. The first kappa shape index (κ1) is 19.7. The summed E-state index contributed by atoms with van der Waals surface area (Å²) in [4.78, 5) is 27.9. The van der Waals surface area contributed by atoms with Gasteiger partial charge in [-0.1, -0.05) is 23.2 Å². The third-order valence-electron chi connectivity index (χ3n) is 2.77. The molecule has 0 radical (unpaired) electrons. The smallest absolute Gasteiger partial charge is 0.273 e. The van der Waals surface area contributed by atoms with Gasteiger partial charge in [0.15, 0.2) is 10.5 Å². The predicted octanol–water partition coefficient (Wildman–Crippen LogP) is 0.829. The summed E-state index contributed by atoms with van der Waals surface area (Å²) in [6, 6.07) is 0. The van der Waals surface area contributed by atoms with E-state index < -0.39 is 10.7 Å². The first-order chi connectivity index (χ1) is 11.0. The minimum Gasteiger partial charge on any atom is -0.446 e. The lowest BCUT2D eigenvalue weighted by molar-refractivity contribution is -0.130. The number of rotatable bonds is 10. The number of carbonyl (C=O) groups excluding carboxylic acids is 2. The van der Waals surface area contributed by atoms with E-state index >= 15 is 0 Å². The zero-order valence-corrected chi connectivity index (χ0v) is 14.4. The number of halogens is 2. The molecule has 0 aromatic carbocycles. The summed E-state index contributed by atoms with van der Waals surface area (Å²) in [5, 5.41) is 2.61. The molecule has 0 fully saturated rings. The van der Waals surface area contributed by atoms with Crippen molar-refractivity contribution in [2.45, 2.75) is 11.4 Å². The molecular formula is C13H19Cl2N3O5. The zero-order valence-electron chi connectivity index (χ0n) is 12.9.